The molecular formula is C13H19BrN2. The second kappa shape index (κ2) is 5.67. The van der Waals surface area contributed by atoms with Crippen molar-refractivity contribution in [3.63, 3.8) is 0 Å². The average molecular weight is 283 g/mol. The van der Waals surface area contributed by atoms with Crippen LogP contribution >= 0.6 is 15.9 Å². The maximum absolute atomic E-state index is 4.41. The zero-order valence-corrected chi connectivity index (χ0v) is 11.4. The van der Waals surface area contributed by atoms with Crippen LogP contribution in [0.4, 0.5) is 5.82 Å². The van der Waals surface area contributed by atoms with Crippen molar-refractivity contribution in [2.75, 3.05) is 5.32 Å². The quantitative estimate of drug-likeness (QED) is 0.819. The maximum atomic E-state index is 4.41. The monoisotopic (exact) mass is 282 g/mol. The van der Waals surface area contributed by atoms with E-state index in [1.807, 2.05) is 12.3 Å². The molecule has 1 aliphatic rings. The van der Waals surface area contributed by atoms with Crippen LogP contribution in [0.1, 0.15) is 44.1 Å². The van der Waals surface area contributed by atoms with E-state index >= 15 is 0 Å². The Balaban J connectivity index is 2.04. The van der Waals surface area contributed by atoms with Crippen molar-refractivity contribution in [1.82, 2.24) is 4.98 Å². The first-order valence-electron chi connectivity index (χ1n) is 6.15. The molecule has 1 aromatic heterocycles. The fraction of sp³-hybridized carbons (Fsp3) is 0.615. The summed E-state index contributed by atoms with van der Waals surface area (Å²) in [6.45, 7) is 2.10. The number of hydrogen-bond acceptors (Lipinski definition) is 2. The number of rotatable bonds is 2. The maximum Gasteiger partial charge on any atom is 0.140 e. The Labute approximate surface area is 106 Å². The van der Waals surface area contributed by atoms with Crippen molar-refractivity contribution in [1.29, 1.82) is 0 Å². The summed E-state index contributed by atoms with van der Waals surface area (Å²) in [5.41, 5.74) is 1.24. The van der Waals surface area contributed by atoms with E-state index in [1.54, 1.807) is 0 Å². The van der Waals surface area contributed by atoms with Gasteiger partial charge in [-0.3, -0.25) is 0 Å². The minimum Gasteiger partial charge on any atom is -0.366 e. The predicted octanol–water partition coefficient (Wildman–Crippen LogP) is 4.29. The number of nitrogens with zero attached hydrogens (tertiary/aromatic N) is 1. The van der Waals surface area contributed by atoms with E-state index in [1.165, 1.54) is 44.1 Å². The first kappa shape index (κ1) is 11.9. The van der Waals surface area contributed by atoms with Crippen molar-refractivity contribution in [2.45, 2.75) is 51.5 Å². The molecule has 3 heteroatoms. The van der Waals surface area contributed by atoms with Gasteiger partial charge in [0.15, 0.2) is 0 Å². The van der Waals surface area contributed by atoms with Gasteiger partial charge in [0.1, 0.15) is 5.82 Å². The Morgan fingerprint density at radius 1 is 1.25 bits per heavy atom. The summed E-state index contributed by atoms with van der Waals surface area (Å²) in [6.07, 6.45) is 9.91. The van der Waals surface area contributed by atoms with E-state index in [2.05, 4.69) is 33.2 Å². The molecule has 1 aliphatic carbocycles. The molecule has 0 bridgehead atoms. The molecule has 0 amide bonds. The second-order valence-corrected chi connectivity index (χ2v) is 5.42. The molecule has 0 aromatic carbocycles. The Hall–Kier alpha value is -0.570. The van der Waals surface area contributed by atoms with Gasteiger partial charge in [-0.1, -0.05) is 25.7 Å². The van der Waals surface area contributed by atoms with Crippen LogP contribution in [0.5, 0.6) is 0 Å². The predicted molar refractivity (Wildman–Crippen MR) is 71.8 cm³/mol. The third kappa shape index (κ3) is 2.97. The number of halogens is 1. The van der Waals surface area contributed by atoms with Crippen LogP contribution < -0.4 is 5.32 Å². The normalized spacial score (nSPS) is 18.1. The molecule has 1 saturated carbocycles. The first-order chi connectivity index (χ1) is 7.77. The van der Waals surface area contributed by atoms with Crippen molar-refractivity contribution < 1.29 is 0 Å². The molecule has 0 aliphatic heterocycles. The van der Waals surface area contributed by atoms with E-state index in [0.717, 1.165) is 10.3 Å². The van der Waals surface area contributed by atoms with Gasteiger partial charge in [0.2, 0.25) is 0 Å². The largest absolute Gasteiger partial charge is 0.366 e. The Kier molecular flexibility index (Phi) is 4.22. The summed E-state index contributed by atoms with van der Waals surface area (Å²) in [5.74, 6) is 1.01. The smallest absolute Gasteiger partial charge is 0.140 e. The summed E-state index contributed by atoms with van der Waals surface area (Å²) in [6, 6.07) is 2.63. The molecule has 0 radical (unpaired) electrons. The van der Waals surface area contributed by atoms with E-state index in [-0.39, 0.29) is 0 Å². The zero-order chi connectivity index (χ0) is 11.4. The first-order valence-corrected chi connectivity index (χ1v) is 6.94. The number of anilines is 1. The molecule has 88 valence electrons. The van der Waals surface area contributed by atoms with Gasteiger partial charge in [-0.05, 0) is 47.3 Å². The lowest BCUT2D eigenvalue weighted by molar-refractivity contribution is 0.617. The van der Waals surface area contributed by atoms with Gasteiger partial charge in [-0.25, -0.2) is 4.98 Å². The summed E-state index contributed by atoms with van der Waals surface area (Å²) < 4.78 is 1.11. The van der Waals surface area contributed by atoms with Crippen LogP contribution in [-0.4, -0.2) is 11.0 Å². The summed E-state index contributed by atoms with van der Waals surface area (Å²) in [5, 5.41) is 3.57. The van der Waals surface area contributed by atoms with Gasteiger partial charge in [0, 0.05) is 12.2 Å². The molecular weight excluding hydrogens is 264 g/mol. The van der Waals surface area contributed by atoms with Gasteiger partial charge in [0.25, 0.3) is 0 Å². The lowest BCUT2D eigenvalue weighted by Gasteiger charge is -2.18. The number of nitrogens with one attached hydrogen (secondary N) is 1. The van der Waals surface area contributed by atoms with Crippen molar-refractivity contribution >= 4 is 21.7 Å². The molecule has 1 aromatic rings. The van der Waals surface area contributed by atoms with Gasteiger partial charge >= 0.3 is 0 Å². The highest BCUT2D eigenvalue weighted by atomic mass is 79.9. The molecule has 0 saturated heterocycles. The fourth-order valence-corrected chi connectivity index (χ4v) is 2.61. The molecule has 0 spiro atoms. The minimum absolute atomic E-state index is 0.605. The number of hydrogen-bond donors (Lipinski definition) is 1. The highest BCUT2D eigenvalue weighted by Gasteiger charge is 2.14. The van der Waals surface area contributed by atoms with Gasteiger partial charge in [0.05, 0.1) is 4.47 Å². The second-order valence-electron chi connectivity index (χ2n) is 4.62. The molecule has 1 N–H and O–H groups in total. The van der Waals surface area contributed by atoms with Gasteiger partial charge in [-0.15, -0.1) is 0 Å². The zero-order valence-electron chi connectivity index (χ0n) is 9.80. The molecule has 0 unspecified atom stereocenters. The molecule has 0 atom stereocenters. The third-order valence-corrected chi connectivity index (χ3v) is 4.28. The lowest BCUT2D eigenvalue weighted by Crippen LogP contribution is -2.19. The van der Waals surface area contributed by atoms with Gasteiger partial charge in [-0.2, -0.15) is 0 Å². The van der Waals surface area contributed by atoms with E-state index < -0.39 is 0 Å². The van der Waals surface area contributed by atoms with Crippen molar-refractivity contribution in [3.8, 4) is 0 Å². The Bertz CT molecular complexity index is 344. The van der Waals surface area contributed by atoms with Crippen LogP contribution in [0.25, 0.3) is 0 Å². The highest BCUT2D eigenvalue weighted by Crippen LogP contribution is 2.26. The van der Waals surface area contributed by atoms with Crippen LogP contribution in [0, 0.1) is 6.92 Å². The van der Waals surface area contributed by atoms with Gasteiger partial charge < -0.3 is 5.32 Å². The minimum atomic E-state index is 0.605. The lowest BCUT2D eigenvalue weighted by atomic mass is 10.1. The highest BCUT2D eigenvalue weighted by molar-refractivity contribution is 9.10. The van der Waals surface area contributed by atoms with Crippen LogP contribution in [0.3, 0.4) is 0 Å². The standard InChI is InChI=1S/C13H19BrN2/c1-10-8-9-15-13(12(10)14)16-11-6-4-2-3-5-7-11/h8-9,11H,2-7H2,1H3,(H,15,16). The molecule has 16 heavy (non-hydrogen) atoms. The fourth-order valence-electron chi connectivity index (χ4n) is 2.26. The SMILES string of the molecule is Cc1ccnc(NC2CCCCCC2)c1Br. The third-order valence-electron chi connectivity index (χ3n) is 3.28. The number of pyridine rings is 1. The molecule has 1 heterocycles. The van der Waals surface area contributed by atoms with Crippen LogP contribution in [-0.2, 0) is 0 Å². The van der Waals surface area contributed by atoms with E-state index in [4.69, 9.17) is 0 Å². The molecule has 2 rings (SSSR count). The van der Waals surface area contributed by atoms with E-state index in [0.29, 0.717) is 6.04 Å². The summed E-state index contributed by atoms with van der Waals surface area (Å²) in [7, 11) is 0. The van der Waals surface area contributed by atoms with Crippen LogP contribution in [0.15, 0.2) is 16.7 Å². The topological polar surface area (TPSA) is 24.9 Å². The van der Waals surface area contributed by atoms with Crippen molar-refractivity contribution in [2.24, 2.45) is 0 Å². The van der Waals surface area contributed by atoms with E-state index in [9.17, 15) is 0 Å². The number of aryl methyl sites for hydroxylation is 1. The average Bonchev–Trinajstić information content (AvgIpc) is 2.53. The molecule has 1 fully saturated rings. The number of aromatic nitrogens is 1. The van der Waals surface area contributed by atoms with Crippen LogP contribution in [0.2, 0.25) is 0 Å². The summed E-state index contributed by atoms with van der Waals surface area (Å²) >= 11 is 3.60. The summed E-state index contributed by atoms with van der Waals surface area (Å²) in [4.78, 5) is 4.41. The Morgan fingerprint density at radius 3 is 2.62 bits per heavy atom. The Morgan fingerprint density at radius 2 is 1.94 bits per heavy atom. The van der Waals surface area contributed by atoms with Crippen molar-refractivity contribution in [3.05, 3.63) is 22.3 Å². The molecule has 2 nitrogen and oxygen atoms in total.